The number of carboxylic acids is 1. The van der Waals surface area contributed by atoms with Crippen molar-refractivity contribution < 1.29 is 14.7 Å². The number of rotatable bonds is 4. The molecule has 0 atom stereocenters. The van der Waals surface area contributed by atoms with E-state index in [2.05, 4.69) is 10.3 Å². The molecule has 0 unspecified atom stereocenters. The van der Waals surface area contributed by atoms with Gasteiger partial charge in [0.2, 0.25) is 0 Å². The van der Waals surface area contributed by atoms with E-state index in [-0.39, 0.29) is 19.0 Å². The quantitative estimate of drug-likeness (QED) is 0.827. The third kappa shape index (κ3) is 4.10. The van der Waals surface area contributed by atoms with E-state index in [1.165, 1.54) is 4.90 Å². The number of amides is 2. The first-order valence-electron chi connectivity index (χ1n) is 5.16. The average Bonchev–Trinajstić information content (AvgIpc) is 2.28. The van der Waals surface area contributed by atoms with Gasteiger partial charge in [-0.25, -0.2) is 4.79 Å². The number of aromatic nitrogens is 1. The molecule has 2 amide bonds. The first kappa shape index (κ1) is 13.0. The predicted octanol–water partition coefficient (Wildman–Crippen LogP) is 1.33. The number of hydrogen-bond donors (Lipinski definition) is 2. The third-order valence-electron chi connectivity index (χ3n) is 2.26. The Labute approximate surface area is 99.3 Å². The molecule has 1 rings (SSSR count). The Kier molecular flexibility index (Phi) is 4.45. The number of nitrogens with one attached hydrogen (secondary N) is 1. The summed E-state index contributed by atoms with van der Waals surface area (Å²) in [6.45, 7) is 1.95. The molecular formula is C11H15N3O3. The molecule has 0 saturated carbocycles. The van der Waals surface area contributed by atoms with Crippen LogP contribution in [0.5, 0.6) is 0 Å². The second-order valence-electron chi connectivity index (χ2n) is 3.63. The molecule has 1 aromatic rings. The second-order valence-corrected chi connectivity index (χ2v) is 3.63. The van der Waals surface area contributed by atoms with Crippen molar-refractivity contribution in [1.29, 1.82) is 0 Å². The first-order valence-corrected chi connectivity index (χ1v) is 5.16. The maximum Gasteiger partial charge on any atom is 0.321 e. The van der Waals surface area contributed by atoms with Gasteiger partial charge in [0.15, 0.2) is 0 Å². The van der Waals surface area contributed by atoms with E-state index in [4.69, 9.17) is 5.11 Å². The lowest BCUT2D eigenvalue weighted by atomic mass is 10.3. The molecule has 17 heavy (non-hydrogen) atoms. The third-order valence-corrected chi connectivity index (χ3v) is 2.26. The maximum absolute atomic E-state index is 11.7. The summed E-state index contributed by atoms with van der Waals surface area (Å²) in [5.74, 6) is -0.929. The van der Waals surface area contributed by atoms with Crippen LogP contribution in [0, 0.1) is 6.92 Å². The zero-order chi connectivity index (χ0) is 12.8. The van der Waals surface area contributed by atoms with E-state index in [1.54, 1.807) is 32.3 Å². The van der Waals surface area contributed by atoms with E-state index >= 15 is 0 Å². The number of carbonyl (C=O) groups is 2. The summed E-state index contributed by atoms with van der Waals surface area (Å²) >= 11 is 0. The van der Waals surface area contributed by atoms with Crippen LogP contribution >= 0.6 is 0 Å². The first-order chi connectivity index (χ1) is 8.00. The van der Waals surface area contributed by atoms with E-state index in [0.29, 0.717) is 11.4 Å². The van der Waals surface area contributed by atoms with Gasteiger partial charge in [-0.05, 0) is 19.1 Å². The molecule has 92 valence electrons. The van der Waals surface area contributed by atoms with Gasteiger partial charge >= 0.3 is 12.0 Å². The number of aliphatic carboxylic acids is 1. The molecule has 6 nitrogen and oxygen atoms in total. The average molecular weight is 237 g/mol. The normalized spacial score (nSPS) is 9.76. The lowest BCUT2D eigenvalue weighted by Crippen LogP contribution is -2.33. The van der Waals surface area contributed by atoms with Crippen molar-refractivity contribution in [2.24, 2.45) is 0 Å². The number of hydrogen-bond acceptors (Lipinski definition) is 3. The fourth-order valence-electron chi connectivity index (χ4n) is 1.19. The molecule has 0 aliphatic carbocycles. The van der Waals surface area contributed by atoms with Crippen molar-refractivity contribution in [2.75, 3.05) is 18.9 Å². The number of urea groups is 1. The van der Waals surface area contributed by atoms with Crippen LogP contribution in [0.1, 0.15) is 12.1 Å². The molecule has 0 aromatic carbocycles. The van der Waals surface area contributed by atoms with Gasteiger partial charge in [0.25, 0.3) is 0 Å². The number of aryl methyl sites for hydroxylation is 1. The van der Waals surface area contributed by atoms with Gasteiger partial charge in [-0.3, -0.25) is 9.78 Å². The van der Waals surface area contributed by atoms with Crippen molar-refractivity contribution >= 4 is 17.7 Å². The minimum absolute atomic E-state index is 0.0735. The molecule has 6 heteroatoms. The zero-order valence-electron chi connectivity index (χ0n) is 9.80. The summed E-state index contributed by atoms with van der Waals surface area (Å²) in [6.07, 6.45) is 1.56. The molecule has 0 spiro atoms. The molecule has 0 radical (unpaired) electrons. The van der Waals surface area contributed by atoms with Crippen LogP contribution in [0.3, 0.4) is 0 Å². The summed E-state index contributed by atoms with van der Waals surface area (Å²) in [5, 5.41) is 11.2. The largest absolute Gasteiger partial charge is 0.481 e. The van der Waals surface area contributed by atoms with Crippen LogP contribution in [-0.2, 0) is 4.79 Å². The van der Waals surface area contributed by atoms with Gasteiger partial charge in [0, 0.05) is 19.8 Å². The minimum atomic E-state index is -0.929. The van der Waals surface area contributed by atoms with Gasteiger partial charge < -0.3 is 15.3 Å². The zero-order valence-corrected chi connectivity index (χ0v) is 9.80. The van der Waals surface area contributed by atoms with Crippen molar-refractivity contribution in [3.05, 3.63) is 24.0 Å². The summed E-state index contributed by atoms with van der Waals surface area (Å²) in [4.78, 5) is 27.4. The Morgan fingerprint density at radius 1 is 1.53 bits per heavy atom. The van der Waals surface area contributed by atoms with E-state index < -0.39 is 5.97 Å². The molecule has 0 aliphatic rings. The van der Waals surface area contributed by atoms with Crippen molar-refractivity contribution in [2.45, 2.75) is 13.3 Å². The van der Waals surface area contributed by atoms with Crippen molar-refractivity contribution in [3.8, 4) is 0 Å². The highest BCUT2D eigenvalue weighted by atomic mass is 16.4. The number of carbonyl (C=O) groups excluding carboxylic acids is 1. The number of nitrogens with zero attached hydrogens (tertiary/aromatic N) is 2. The highest BCUT2D eigenvalue weighted by Gasteiger charge is 2.11. The van der Waals surface area contributed by atoms with Gasteiger partial charge in [0.1, 0.15) is 0 Å². The number of anilines is 1. The predicted molar refractivity (Wildman–Crippen MR) is 62.9 cm³/mol. The van der Waals surface area contributed by atoms with Crippen LogP contribution in [0.25, 0.3) is 0 Å². The van der Waals surface area contributed by atoms with Gasteiger partial charge in [-0.15, -0.1) is 0 Å². The molecule has 2 N–H and O–H groups in total. The fourth-order valence-corrected chi connectivity index (χ4v) is 1.19. The van der Waals surface area contributed by atoms with Crippen LogP contribution in [0.2, 0.25) is 0 Å². The van der Waals surface area contributed by atoms with Crippen LogP contribution < -0.4 is 5.32 Å². The highest BCUT2D eigenvalue weighted by molar-refractivity contribution is 5.89. The number of pyridine rings is 1. The van der Waals surface area contributed by atoms with E-state index in [1.807, 2.05) is 0 Å². The van der Waals surface area contributed by atoms with Crippen LogP contribution in [0.15, 0.2) is 18.3 Å². The SMILES string of the molecule is Cc1ncccc1NC(=O)N(C)CCC(=O)O. The monoisotopic (exact) mass is 237 g/mol. The van der Waals surface area contributed by atoms with Gasteiger partial charge in [-0.2, -0.15) is 0 Å². The smallest absolute Gasteiger partial charge is 0.321 e. The van der Waals surface area contributed by atoms with Crippen molar-refractivity contribution in [1.82, 2.24) is 9.88 Å². The highest BCUT2D eigenvalue weighted by Crippen LogP contribution is 2.10. The topological polar surface area (TPSA) is 82.5 Å². The van der Waals surface area contributed by atoms with Crippen molar-refractivity contribution in [3.63, 3.8) is 0 Å². The molecule has 1 aromatic heterocycles. The molecule has 1 heterocycles. The summed E-state index contributed by atoms with van der Waals surface area (Å²) in [5.41, 5.74) is 1.34. The van der Waals surface area contributed by atoms with E-state index in [9.17, 15) is 9.59 Å². The Balaban J connectivity index is 2.54. The van der Waals surface area contributed by atoms with Gasteiger partial charge in [0.05, 0.1) is 17.8 Å². The number of carboxylic acid groups (broad SMARTS) is 1. The Morgan fingerprint density at radius 2 is 2.24 bits per heavy atom. The molecule has 0 saturated heterocycles. The molecule has 0 bridgehead atoms. The van der Waals surface area contributed by atoms with E-state index in [0.717, 1.165) is 0 Å². The second kappa shape index (κ2) is 5.83. The summed E-state index contributed by atoms with van der Waals surface area (Å²) in [7, 11) is 1.55. The molecular weight excluding hydrogens is 222 g/mol. The lowest BCUT2D eigenvalue weighted by molar-refractivity contribution is -0.137. The summed E-state index contributed by atoms with van der Waals surface area (Å²) < 4.78 is 0. The molecule has 0 fully saturated rings. The Morgan fingerprint density at radius 3 is 2.82 bits per heavy atom. The van der Waals surface area contributed by atoms with Crippen LogP contribution in [-0.4, -0.2) is 40.6 Å². The lowest BCUT2D eigenvalue weighted by Gasteiger charge is -2.17. The Hall–Kier alpha value is -2.11. The standard InChI is InChI=1S/C11H15N3O3/c1-8-9(4-3-6-12-8)13-11(17)14(2)7-5-10(15)16/h3-4,6H,5,7H2,1-2H3,(H,13,17)(H,15,16). The fraction of sp³-hybridized carbons (Fsp3) is 0.364. The molecule has 0 aliphatic heterocycles. The Bertz CT molecular complexity index is 420. The van der Waals surface area contributed by atoms with Gasteiger partial charge in [-0.1, -0.05) is 0 Å². The summed E-state index contributed by atoms with van der Waals surface area (Å²) in [6, 6.07) is 3.12. The van der Waals surface area contributed by atoms with Crippen LogP contribution in [0.4, 0.5) is 10.5 Å². The maximum atomic E-state index is 11.7. The minimum Gasteiger partial charge on any atom is -0.481 e.